The van der Waals surface area contributed by atoms with Crippen molar-refractivity contribution >= 4 is 17.3 Å². The minimum atomic E-state index is -0.904. The molecule has 3 N–H and O–H groups in total. The Balaban J connectivity index is 2.36. The second-order valence-electron chi connectivity index (χ2n) is 4.48. The minimum absolute atomic E-state index is 0.302. The van der Waals surface area contributed by atoms with E-state index in [9.17, 15) is 4.79 Å². The van der Waals surface area contributed by atoms with Crippen LogP contribution in [0.2, 0.25) is 0 Å². The number of nitrogen functional groups attached to an aromatic ring is 1. The van der Waals surface area contributed by atoms with Crippen LogP contribution in [-0.2, 0) is 0 Å². The summed E-state index contributed by atoms with van der Waals surface area (Å²) in [5.74, 6) is -0.904. The van der Waals surface area contributed by atoms with Crippen LogP contribution in [0.15, 0.2) is 18.2 Å². The van der Waals surface area contributed by atoms with E-state index < -0.39 is 5.97 Å². The summed E-state index contributed by atoms with van der Waals surface area (Å²) in [5.41, 5.74) is 7.79. The molecule has 92 valence electrons. The zero-order chi connectivity index (χ0) is 12.4. The SMILES string of the molecule is CCC1CCCN1c1cc(C(=O)O)ccc1N. The van der Waals surface area contributed by atoms with E-state index in [1.807, 2.05) is 0 Å². The molecule has 1 aromatic rings. The van der Waals surface area contributed by atoms with E-state index in [1.54, 1.807) is 18.2 Å². The largest absolute Gasteiger partial charge is 0.478 e. The summed E-state index contributed by atoms with van der Waals surface area (Å²) >= 11 is 0. The Kier molecular flexibility index (Phi) is 3.22. The molecule has 1 saturated heterocycles. The Morgan fingerprint density at radius 3 is 3.00 bits per heavy atom. The Hall–Kier alpha value is -1.71. The average molecular weight is 234 g/mol. The molecule has 4 heteroatoms. The van der Waals surface area contributed by atoms with Crippen molar-refractivity contribution in [1.82, 2.24) is 0 Å². The van der Waals surface area contributed by atoms with Crippen LogP contribution in [0.4, 0.5) is 11.4 Å². The van der Waals surface area contributed by atoms with Crippen LogP contribution in [0.1, 0.15) is 36.5 Å². The number of carboxylic acid groups (broad SMARTS) is 1. The van der Waals surface area contributed by atoms with Crippen LogP contribution >= 0.6 is 0 Å². The van der Waals surface area contributed by atoms with Gasteiger partial charge in [-0.25, -0.2) is 4.79 Å². The second-order valence-corrected chi connectivity index (χ2v) is 4.48. The maximum absolute atomic E-state index is 11.0. The van der Waals surface area contributed by atoms with E-state index in [-0.39, 0.29) is 0 Å². The molecule has 1 heterocycles. The van der Waals surface area contributed by atoms with Crippen LogP contribution in [-0.4, -0.2) is 23.7 Å². The Morgan fingerprint density at radius 2 is 2.35 bits per heavy atom. The molecule has 0 amide bonds. The first kappa shape index (κ1) is 11.8. The summed E-state index contributed by atoms with van der Waals surface area (Å²) in [6.07, 6.45) is 3.37. The van der Waals surface area contributed by atoms with E-state index in [1.165, 1.54) is 0 Å². The molecule has 1 aliphatic rings. The van der Waals surface area contributed by atoms with Crippen molar-refractivity contribution in [2.75, 3.05) is 17.2 Å². The average Bonchev–Trinajstić information content (AvgIpc) is 2.77. The molecular formula is C13H18N2O2. The first-order valence-electron chi connectivity index (χ1n) is 6.03. The molecular weight excluding hydrogens is 216 g/mol. The number of carbonyl (C=O) groups is 1. The number of nitrogens with two attached hydrogens (primary N) is 1. The fourth-order valence-electron chi connectivity index (χ4n) is 2.50. The zero-order valence-corrected chi connectivity index (χ0v) is 10.0. The van der Waals surface area contributed by atoms with Crippen molar-refractivity contribution in [3.63, 3.8) is 0 Å². The summed E-state index contributed by atoms with van der Waals surface area (Å²) in [6, 6.07) is 5.41. The zero-order valence-electron chi connectivity index (χ0n) is 10.0. The van der Waals surface area contributed by atoms with Gasteiger partial charge in [0.1, 0.15) is 0 Å². The van der Waals surface area contributed by atoms with Gasteiger partial charge in [0.25, 0.3) is 0 Å². The third-order valence-electron chi connectivity index (χ3n) is 3.44. The Morgan fingerprint density at radius 1 is 1.59 bits per heavy atom. The molecule has 0 bridgehead atoms. The summed E-state index contributed by atoms with van der Waals surface area (Å²) in [4.78, 5) is 13.2. The smallest absolute Gasteiger partial charge is 0.335 e. The number of rotatable bonds is 3. The molecule has 1 aliphatic heterocycles. The van der Waals surface area contributed by atoms with Gasteiger partial charge in [0.05, 0.1) is 16.9 Å². The quantitative estimate of drug-likeness (QED) is 0.788. The molecule has 2 rings (SSSR count). The fourth-order valence-corrected chi connectivity index (χ4v) is 2.50. The highest BCUT2D eigenvalue weighted by atomic mass is 16.4. The van der Waals surface area contributed by atoms with Crippen molar-refractivity contribution < 1.29 is 9.90 Å². The van der Waals surface area contributed by atoms with Crippen molar-refractivity contribution in [3.8, 4) is 0 Å². The molecule has 4 nitrogen and oxygen atoms in total. The summed E-state index contributed by atoms with van der Waals surface area (Å²) < 4.78 is 0. The van der Waals surface area contributed by atoms with Gasteiger partial charge in [0.2, 0.25) is 0 Å². The van der Waals surface area contributed by atoms with Gasteiger partial charge in [-0.05, 0) is 37.5 Å². The fraction of sp³-hybridized carbons (Fsp3) is 0.462. The van der Waals surface area contributed by atoms with Crippen LogP contribution in [0, 0.1) is 0 Å². The Bertz CT molecular complexity index is 431. The first-order valence-corrected chi connectivity index (χ1v) is 6.03. The number of hydrogen-bond acceptors (Lipinski definition) is 3. The molecule has 0 spiro atoms. The van der Waals surface area contributed by atoms with Gasteiger partial charge in [0, 0.05) is 12.6 Å². The van der Waals surface area contributed by atoms with Gasteiger partial charge >= 0.3 is 5.97 Å². The Labute approximate surface area is 101 Å². The highest BCUT2D eigenvalue weighted by Crippen LogP contribution is 2.32. The van der Waals surface area contributed by atoms with Gasteiger partial charge in [-0.3, -0.25) is 0 Å². The van der Waals surface area contributed by atoms with Crippen LogP contribution in [0.3, 0.4) is 0 Å². The van der Waals surface area contributed by atoms with Crippen LogP contribution < -0.4 is 10.6 Å². The second kappa shape index (κ2) is 4.65. The lowest BCUT2D eigenvalue weighted by molar-refractivity contribution is 0.0697. The summed E-state index contributed by atoms with van der Waals surface area (Å²) in [6.45, 7) is 3.12. The molecule has 0 radical (unpaired) electrons. The van der Waals surface area contributed by atoms with Crippen molar-refractivity contribution in [2.24, 2.45) is 0 Å². The van der Waals surface area contributed by atoms with Crippen molar-refractivity contribution in [3.05, 3.63) is 23.8 Å². The lowest BCUT2D eigenvalue weighted by Gasteiger charge is -2.27. The maximum atomic E-state index is 11.0. The summed E-state index contributed by atoms with van der Waals surface area (Å²) in [5, 5.41) is 9.01. The topological polar surface area (TPSA) is 66.6 Å². The predicted molar refractivity (Wildman–Crippen MR) is 68.5 cm³/mol. The standard InChI is InChI=1S/C13H18N2O2/c1-2-10-4-3-7-15(10)12-8-9(13(16)17)5-6-11(12)14/h5-6,8,10H,2-4,7,14H2,1H3,(H,16,17). The van der Waals surface area contributed by atoms with E-state index in [0.29, 0.717) is 17.3 Å². The van der Waals surface area contributed by atoms with Crippen LogP contribution in [0.5, 0.6) is 0 Å². The van der Waals surface area contributed by atoms with Gasteiger partial charge in [-0.2, -0.15) is 0 Å². The van der Waals surface area contributed by atoms with Crippen LogP contribution in [0.25, 0.3) is 0 Å². The molecule has 1 unspecified atom stereocenters. The van der Waals surface area contributed by atoms with Crippen molar-refractivity contribution in [1.29, 1.82) is 0 Å². The number of anilines is 2. The highest BCUT2D eigenvalue weighted by molar-refractivity contribution is 5.90. The molecule has 0 aromatic heterocycles. The number of aromatic carboxylic acids is 1. The molecule has 0 aliphatic carbocycles. The van der Waals surface area contributed by atoms with Gasteiger partial charge in [-0.1, -0.05) is 6.92 Å². The predicted octanol–water partition coefficient (Wildman–Crippen LogP) is 2.35. The van der Waals surface area contributed by atoms with E-state index in [4.69, 9.17) is 10.8 Å². The number of benzene rings is 1. The van der Waals surface area contributed by atoms with Crippen molar-refractivity contribution in [2.45, 2.75) is 32.2 Å². The van der Waals surface area contributed by atoms with Gasteiger partial charge in [-0.15, -0.1) is 0 Å². The minimum Gasteiger partial charge on any atom is -0.478 e. The normalized spacial score (nSPS) is 19.6. The number of carboxylic acids is 1. The molecule has 0 saturated carbocycles. The third-order valence-corrected chi connectivity index (χ3v) is 3.44. The highest BCUT2D eigenvalue weighted by Gasteiger charge is 2.25. The monoisotopic (exact) mass is 234 g/mol. The molecule has 1 fully saturated rings. The van der Waals surface area contributed by atoms with Gasteiger partial charge in [0.15, 0.2) is 0 Å². The molecule has 1 aromatic carbocycles. The first-order chi connectivity index (χ1) is 8.13. The molecule has 17 heavy (non-hydrogen) atoms. The van der Waals surface area contributed by atoms with E-state index in [0.717, 1.165) is 31.5 Å². The maximum Gasteiger partial charge on any atom is 0.335 e. The molecule has 1 atom stereocenters. The lowest BCUT2D eigenvalue weighted by atomic mass is 10.1. The van der Waals surface area contributed by atoms with Gasteiger partial charge < -0.3 is 15.7 Å². The lowest BCUT2D eigenvalue weighted by Crippen LogP contribution is -2.29. The summed E-state index contributed by atoms with van der Waals surface area (Å²) in [7, 11) is 0. The number of nitrogens with zero attached hydrogens (tertiary/aromatic N) is 1. The third kappa shape index (κ3) is 2.20. The van der Waals surface area contributed by atoms with E-state index in [2.05, 4.69) is 11.8 Å². The number of hydrogen-bond donors (Lipinski definition) is 2. The van der Waals surface area contributed by atoms with E-state index >= 15 is 0 Å².